The van der Waals surface area contributed by atoms with Crippen LogP contribution in [-0.4, -0.2) is 11.2 Å². The summed E-state index contributed by atoms with van der Waals surface area (Å²) in [5.74, 6) is 2.04. The van der Waals surface area contributed by atoms with Crippen molar-refractivity contribution < 1.29 is 13.2 Å². The van der Waals surface area contributed by atoms with Crippen molar-refractivity contribution in [2.24, 2.45) is 0 Å². The van der Waals surface area contributed by atoms with Crippen molar-refractivity contribution in [3.05, 3.63) is 71.4 Å². The minimum absolute atomic E-state index is 0.0384. The first kappa shape index (κ1) is 15.2. The van der Waals surface area contributed by atoms with E-state index in [0.29, 0.717) is 10.9 Å². The van der Waals surface area contributed by atoms with Crippen LogP contribution in [0.3, 0.4) is 0 Å². The number of alkyl halides is 3. The first-order valence-corrected chi connectivity index (χ1v) is 7.08. The maximum Gasteiger partial charge on any atom is 0.413 e. The van der Waals surface area contributed by atoms with Crippen LogP contribution in [0.15, 0.2) is 54.7 Å². The van der Waals surface area contributed by atoms with E-state index in [1.807, 2.05) is 18.9 Å². The number of halogens is 3. The van der Waals surface area contributed by atoms with Crippen LogP contribution in [0.5, 0.6) is 0 Å². The summed E-state index contributed by atoms with van der Waals surface area (Å²) in [5, 5.41) is 0.481. The van der Waals surface area contributed by atoms with Crippen LogP contribution in [0.4, 0.5) is 13.2 Å². The van der Waals surface area contributed by atoms with Gasteiger partial charge in [0.1, 0.15) is 0 Å². The molecular formula is C19H14F3N. The molecule has 0 aliphatic heterocycles. The van der Waals surface area contributed by atoms with Crippen LogP contribution >= 0.6 is 0 Å². The fourth-order valence-corrected chi connectivity index (χ4v) is 2.95. The summed E-state index contributed by atoms with van der Waals surface area (Å²) in [7, 11) is 0. The lowest BCUT2D eigenvalue weighted by atomic mass is 9.74. The molecule has 4 heteroatoms. The SMILES string of the molecule is C#CC(c1ccccc1)(c1c[nH]c2cc(C)ccc12)C(F)(F)F. The Kier molecular flexibility index (Phi) is 3.45. The summed E-state index contributed by atoms with van der Waals surface area (Å²) in [6.07, 6.45) is 2.20. The molecule has 1 atom stereocenters. The number of hydrogen-bond acceptors (Lipinski definition) is 0. The minimum Gasteiger partial charge on any atom is -0.361 e. The largest absolute Gasteiger partial charge is 0.413 e. The van der Waals surface area contributed by atoms with Gasteiger partial charge in [-0.15, -0.1) is 6.42 Å². The Hall–Kier alpha value is -2.67. The van der Waals surface area contributed by atoms with Crippen molar-refractivity contribution in [2.45, 2.75) is 18.5 Å². The molecule has 3 aromatic rings. The highest BCUT2D eigenvalue weighted by Gasteiger charge is 2.57. The second-order valence-electron chi connectivity index (χ2n) is 5.51. The van der Waals surface area contributed by atoms with Crippen molar-refractivity contribution in [3.63, 3.8) is 0 Å². The van der Waals surface area contributed by atoms with Crippen LogP contribution in [0.2, 0.25) is 0 Å². The average Bonchev–Trinajstić information content (AvgIpc) is 2.92. The molecule has 1 aromatic heterocycles. The van der Waals surface area contributed by atoms with Crippen LogP contribution in [-0.2, 0) is 5.41 Å². The molecule has 0 spiro atoms. The zero-order valence-electron chi connectivity index (χ0n) is 12.4. The smallest absolute Gasteiger partial charge is 0.361 e. The Morgan fingerprint density at radius 1 is 1.04 bits per heavy atom. The molecule has 0 saturated heterocycles. The quantitative estimate of drug-likeness (QED) is 0.644. The molecule has 0 saturated carbocycles. The third-order valence-electron chi connectivity index (χ3n) is 4.09. The first-order valence-electron chi connectivity index (χ1n) is 7.08. The van der Waals surface area contributed by atoms with Gasteiger partial charge in [0, 0.05) is 22.7 Å². The molecule has 1 heterocycles. The monoisotopic (exact) mass is 313 g/mol. The van der Waals surface area contributed by atoms with Crippen LogP contribution in [0, 0.1) is 19.3 Å². The highest BCUT2D eigenvalue weighted by atomic mass is 19.4. The molecule has 23 heavy (non-hydrogen) atoms. The third kappa shape index (κ3) is 2.20. The summed E-state index contributed by atoms with van der Waals surface area (Å²) < 4.78 is 42.2. The molecule has 0 aliphatic rings. The van der Waals surface area contributed by atoms with E-state index in [1.54, 1.807) is 30.3 Å². The summed E-state index contributed by atoms with van der Waals surface area (Å²) in [5.41, 5.74) is -0.796. The summed E-state index contributed by atoms with van der Waals surface area (Å²) in [4.78, 5) is 2.91. The number of aromatic amines is 1. The van der Waals surface area contributed by atoms with E-state index < -0.39 is 11.6 Å². The van der Waals surface area contributed by atoms with Gasteiger partial charge in [0.15, 0.2) is 5.41 Å². The lowest BCUT2D eigenvalue weighted by Crippen LogP contribution is -2.42. The van der Waals surface area contributed by atoms with Crippen molar-refractivity contribution in [2.75, 3.05) is 0 Å². The Morgan fingerprint density at radius 2 is 1.74 bits per heavy atom. The van der Waals surface area contributed by atoms with Crippen molar-refractivity contribution in [3.8, 4) is 12.3 Å². The Labute approximate surface area is 132 Å². The van der Waals surface area contributed by atoms with E-state index in [0.717, 1.165) is 5.56 Å². The van der Waals surface area contributed by atoms with E-state index in [9.17, 15) is 13.2 Å². The molecule has 1 unspecified atom stereocenters. The van der Waals surface area contributed by atoms with Crippen molar-refractivity contribution in [1.82, 2.24) is 4.98 Å². The second kappa shape index (κ2) is 5.20. The maximum atomic E-state index is 14.1. The third-order valence-corrected chi connectivity index (χ3v) is 4.09. The number of H-pyrrole nitrogens is 1. The maximum absolute atomic E-state index is 14.1. The number of terminal acetylenes is 1. The normalized spacial score (nSPS) is 14.4. The van der Waals surface area contributed by atoms with Gasteiger partial charge < -0.3 is 4.98 Å². The number of hydrogen-bond donors (Lipinski definition) is 1. The number of nitrogens with one attached hydrogen (secondary N) is 1. The lowest BCUT2D eigenvalue weighted by Gasteiger charge is -2.31. The molecule has 0 radical (unpaired) electrons. The molecular weight excluding hydrogens is 299 g/mol. The highest BCUT2D eigenvalue weighted by molar-refractivity contribution is 5.86. The molecule has 116 valence electrons. The van der Waals surface area contributed by atoms with Gasteiger partial charge in [0.05, 0.1) is 0 Å². The average molecular weight is 313 g/mol. The van der Waals surface area contributed by atoms with Crippen molar-refractivity contribution in [1.29, 1.82) is 0 Å². The Morgan fingerprint density at radius 3 is 2.35 bits per heavy atom. The molecule has 0 bridgehead atoms. The number of rotatable bonds is 2. The standard InChI is InChI=1S/C19H14F3N/c1-3-18(19(20,21)22,14-7-5-4-6-8-14)16-12-23-17-11-13(2)9-10-15(16)17/h1,4-12,23H,2H3. The summed E-state index contributed by atoms with van der Waals surface area (Å²) >= 11 is 0. The topological polar surface area (TPSA) is 15.8 Å². The van der Waals surface area contributed by atoms with E-state index in [-0.39, 0.29) is 11.1 Å². The minimum atomic E-state index is -4.62. The predicted octanol–water partition coefficient (Wildman–Crippen LogP) is 4.96. The van der Waals surface area contributed by atoms with Gasteiger partial charge in [-0.05, 0) is 24.1 Å². The molecule has 1 nitrogen and oxygen atoms in total. The van der Waals surface area contributed by atoms with E-state index in [1.165, 1.54) is 18.3 Å². The zero-order valence-corrected chi connectivity index (χ0v) is 12.4. The van der Waals surface area contributed by atoms with Gasteiger partial charge in [0.2, 0.25) is 0 Å². The summed E-state index contributed by atoms with van der Waals surface area (Å²) in [6.45, 7) is 1.88. The number of aromatic nitrogens is 1. The van der Waals surface area contributed by atoms with Gasteiger partial charge in [-0.25, -0.2) is 0 Å². The fraction of sp³-hybridized carbons (Fsp3) is 0.158. The van der Waals surface area contributed by atoms with E-state index >= 15 is 0 Å². The lowest BCUT2D eigenvalue weighted by molar-refractivity contribution is -0.161. The Balaban J connectivity index is 2.38. The Bertz CT molecular complexity index is 884. The predicted molar refractivity (Wildman–Crippen MR) is 85.1 cm³/mol. The molecule has 0 fully saturated rings. The van der Waals surface area contributed by atoms with Crippen LogP contribution < -0.4 is 0 Å². The van der Waals surface area contributed by atoms with E-state index in [4.69, 9.17) is 6.42 Å². The molecule has 3 rings (SSSR count). The van der Waals surface area contributed by atoms with Crippen LogP contribution in [0.25, 0.3) is 10.9 Å². The molecule has 0 amide bonds. The highest BCUT2D eigenvalue weighted by Crippen LogP contribution is 2.48. The number of benzene rings is 2. The first-order chi connectivity index (χ1) is 10.9. The fourth-order valence-electron chi connectivity index (χ4n) is 2.95. The van der Waals surface area contributed by atoms with Gasteiger partial charge in [0.25, 0.3) is 0 Å². The van der Waals surface area contributed by atoms with E-state index in [2.05, 4.69) is 4.98 Å². The zero-order chi connectivity index (χ0) is 16.7. The molecule has 1 N–H and O–H groups in total. The van der Waals surface area contributed by atoms with Gasteiger partial charge in [-0.3, -0.25) is 0 Å². The van der Waals surface area contributed by atoms with Gasteiger partial charge >= 0.3 is 6.18 Å². The number of fused-ring (bicyclic) bond motifs is 1. The van der Waals surface area contributed by atoms with Gasteiger partial charge in [-0.2, -0.15) is 13.2 Å². The molecule has 0 aliphatic carbocycles. The number of aryl methyl sites for hydroxylation is 1. The second-order valence-corrected chi connectivity index (χ2v) is 5.51. The summed E-state index contributed by atoms with van der Waals surface area (Å²) in [6, 6.07) is 12.9. The van der Waals surface area contributed by atoms with Gasteiger partial charge in [-0.1, -0.05) is 48.4 Å². The van der Waals surface area contributed by atoms with Crippen molar-refractivity contribution >= 4 is 10.9 Å². The molecule has 2 aromatic carbocycles. The van der Waals surface area contributed by atoms with Crippen LogP contribution in [0.1, 0.15) is 16.7 Å².